The first-order valence-corrected chi connectivity index (χ1v) is 7.54. The molecule has 1 aromatic rings. The third kappa shape index (κ3) is 5.74. The lowest BCUT2D eigenvalue weighted by Gasteiger charge is -2.17. The quantitative estimate of drug-likeness (QED) is 0.790. The Labute approximate surface area is 123 Å². The topological polar surface area (TPSA) is 50.2 Å². The van der Waals surface area contributed by atoms with Crippen LogP contribution in [0.1, 0.15) is 26.0 Å². The monoisotopic (exact) mass is 330 g/mol. The van der Waals surface area contributed by atoms with Crippen molar-refractivity contribution in [2.75, 3.05) is 26.2 Å². The lowest BCUT2D eigenvalue weighted by Crippen LogP contribution is -2.35. The van der Waals surface area contributed by atoms with Gasteiger partial charge in [0.2, 0.25) is 5.91 Å². The number of carbonyl (C=O) groups is 1. The summed E-state index contributed by atoms with van der Waals surface area (Å²) in [5.74, 6) is 0.0800. The molecular weight excluding hydrogens is 308 g/mol. The van der Waals surface area contributed by atoms with Gasteiger partial charge in [-0.05, 0) is 35.9 Å². The fourth-order valence-corrected chi connectivity index (χ4v) is 2.12. The van der Waals surface area contributed by atoms with Crippen LogP contribution < -0.4 is 5.32 Å². The number of hydrogen-bond donors (Lipinski definition) is 1. The molecule has 0 saturated carbocycles. The third-order valence-electron chi connectivity index (χ3n) is 3.10. The standard InChI is InChI=1S/C13H23BrN4O/c1-4-17(5-2)9-7-15-13(19)6-8-18-10-12(14)11(3)16-18/h10H,4-9H2,1-3H3,(H,15,19). The number of hydrogen-bond acceptors (Lipinski definition) is 3. The minimum atomic E-state index is 0.0800. The van der Waals surface area contributed by atoms with Crippen LogP contribution in [0.3, 0.4) is 0 Å². The van der Waals surface area contributed by atoms with Gasteiger partial charge < -0.3 is 10.2 Å². The fourth-order valence-electron chi connectivity index (χ4n) is 1.81. The van der Waals surface area contributed by atoms with Gasteiger partial charge in [0, 0.05) is 32.3 Å². The van der Waals surface area contributed by atoms with E-state index >= 15 is 0 Å². The van der Waals surface area contributed by atoms with Crippen molar-refractivity contribution in [1.29, 1.82) is 0 Å². The van der Waals surface area contributed by atoms with Crippen LogP contribution in [0.5, 0.6) is 0 Å². The van der Waals surface area contributed by atoms with E-state index in [0.29, 0.717) is 19.5 Å². The zero-order valence-corrected chi connectivity index (χ0v) is 13.5. The Morgan fingerprint density at radius 2 is 2.16 bits per heavy atom. The maximum atomic E-state index is 11.7. The van der Waals surface area contributed by atoms with Gasteiger partial charge in [0.15, 0.2) is 0 Å². The number of aryl methyl sites for hydroxylation is 2. The lowest BCUT2D eigenvalue weighted by atomic mass is 10.4. The van der Waals surface area contributed by atoms with Crippen molar-refractivity contribution >= 4 is 21.8 Å². The predicted octanol–water partition coefficient (Wildman–Crippen LogP) is 1.80. The van der Waals surface area contributed by atoms with Crippen molar-refractivity contribution in [3.05, 3.63) is 16.4 Å². The molecule has 1 rings (SSSR count). The number of nitrogens with one attached hydrogen (secondary N) is 1. The molecule has 0 bridgehead atoms. The summed E-state index contributed by atoms with van der Waals surface area (Å²) in [5, 5.41) is 7.24. The third-order valence-corrected chi connectivity index (χ3v) is 3.88. The summed E-state index contributed by atoms with van der Waals surface area (Å²) in [6.45, 7) is 10.5. The molecule has 0 aliphatic heterocycles. The molecule has 19 heavy (non-hydrogen) atoms. The Kier molecular flexibility index (Phi) is 7.09. The Hall–Kier alpha value is -0.880. The van der Waals surface area contributed by atoms with Gasteiger partial charge in [0.25, 0.3) is 0 Å². The predicted molar refractivity (Wildman–Crippen MR) is 80.1 cm³/mol. The largest absolute Gasteiger partial charge is 0.355 e. The fraction of sp³-hybridized carbons (Fsp3) is 0.692. The summed E-state index contributed by atoms with van der Waals surface area (Å²) >= 11 is 3.41. The Bertz CT molecular complexity index is 382. The Morgan fingerprint density at radius 3 is 2.68 bits per heavy atom. The molecule has 0 fully saturated rings. The average Bonchev–Trinajstić information content (AvgIpc) is 2.72. The van der Waals surface area contributed by atoms with Crippen molar-refractivity contribution in [3.8, 4) is 0 Å². The van der Waals surface area contributed by atoms with E-state index in [9.17, 15) is 4.79 Å². The van der Waals surface area contributed by atoms with E-state index in [1.807, 2.05) is 13.1 Å². The average molecular weight is 331 g/mol. The van der Waals surface area contributed by atoms with Crippen LogP contribution >= 0.6 is 15.9 Å². The van der Waals surface area contributed by atoms with E-state index in [4.69, 9.17) is 0 Å². The molecule has 0 aliphatic carbocycles. The second kappa shape index (κ2) is 8.32. The van der Waals surface area contributed by atoms with Crippen LogP contribution in [0.2, 0.25) is 0 Å². The van der Waals surface area contributed by atoms with E-state index in [0.717, 1.165) is 29.8 Å². The number of nitrogens with zero attached hydrogens (tertiary/aromatic N) is 3. The maximum Gasteiger partial charge on any atom is 0.221 e. The molecule has 5 nitrogen and oxygen atoms in total. The molecule has 0 saturated heterocycles. The molecule has 1 aromatic heterocycles. The van der Waals surface area contributed by atoms with Gasteiger partial charge in [-0.1, -0.05) is 13.8 Å². The second-order valence-corrected chi connectivity index (χ2v) is 5.31. The first-order chi connectivity index (χ1) is 9.06. The summed E-state index contributed by atoms with van der Waals surface area (Å²) in [6.07, 6.45) is 2.37. The van der Waals surface area contributed by atoms with Crippen molar-refractivity contribution in [3.63, 3.8) is 0 Å². The molecule has 0 atom stereocenters. The smallest absolute Gasteiger partial charge is 0.221 e. The summed E-state index contributed by atoms with van der Waals surface area (Å²) in [5.41, 5.74) is 0.946. The molecule has 6 heteroatoms. The number of rotatable bonds is 8. The molecular formula is C13H23BrN4O. The van der Waals surface area contributed by atoms with Gasteiger partial charge in [-0.25, -0.2) is 0 Å². The molecule has 0 radical (unpaired) electrons. The highest BCUT2D eigenvalue weighted by molar-refractivity contribution is 9.10. The first kappa shape index (κ1) is 16.2. The Morgan fingerprint density at radius 1 is 1.47 bits per heavy atom. The van der Waals surface area contributed by atoms with Crippen LogP contribution in [0.25, 0.3) is 0 Å². The van der Waals surface area contributed by atoms with Gasteiger partial charge in [-0.15, -0.1) is 0 Å². The number of halogens is 1. The zero-order chi connectivity index (χ0) is 14.3. The van der Waals surface area contributed by atoms with Crippen LogP contribution in [0, 0.1) is 6.92 Å². The molecule has 0 spiro atoms. The highest BCUT2D eigenvalue weighted by atomic mass is 79.9. The summed E-state index contributed by atoms with van der Waals surface area (Å²) < 4.78 is 2.78. The lowest BCUT2D eigenvalue weighted by molar-refractivity contribution is -0.121. The highest BCUT2D eigenvalue weighted by Crippen LogP contribution is 2.13. The van der Waals surface area contributed by atoms with Crippen molar-refractivity contribution in [2.24, 2.45) is 0 Å². The van der Waals surface area contributed by atoms with Gasteiger partial charge in [-0.2, -0.15) is 5.10 Å². The number of likely N-dealkylation sites (N-methyl/N-ethyl adjacent to an activating group) is 1. The van der Waals surface area contributed by atoms with Crippen LogP contribution in [0.4, 0.5) is 0 Å². The van der Waals surface area contributed by atoms with E-state index < -0.39 is 0 Å². The van der Waals surface area contributed by atoms with E-state index in [-0.39, 0.29) is 5.91 Å². The zero-order valence-electron chi connectivity index (χ0n) is 11.9. The molecule has 0 aromatic carbocycles. The van der Waals surface area contributed by atoms with Crippen LogP contribution in [-0.4, -0.2) is 46.8 Å². The molecule has 1 N–H and O–H groups in total. The molecule has 108 valence electrons. The summed E-state index contributed by atoms with van der Waals surface area (Å²) in [4.78, 5) is 14.0. The molecule has 1 heterocycles. The molecule has 1 amide bonds. The minimum absolute atomic E-state index is 0.0800. The number of carbonyl (C=O) groups excluding carboxylic acids is 1. The van der Waals surface area contributed by atoms with Gasteiger partial charge >= 0.3 is 0 Å². The van der Waals surface area contributed by atoms with Gasteiger partial charge in [-0.3, -0.25) is 9.48 Å². The van der Waals surface area contributed by atoms with Crippen molar-refractivity contribution in [2.45, 2.75) is 33.7 Å². The Balaban J connectivity index is 2.21. The summed E-state index contributed by atoms with van der Waals surface area (Å²) in [6, 6.07) is 0. The normalized spacial score (nSPS) is 11.0. The first-order valence-electron chi connectivity index (χ1n) is 6.75. The number of amides is 1. The SMILES string of the molecule is CCN(CC)CCNC(=O)CCn1cc(Br)c(C)n1. The van der Waals surface area contributed by atoms with E-state index in [2.05, 4.69) is 45.1 Å². The maximum absolute atomic E-state index is 11.7. The van der Waals surface area contributed by atoms with Gasteiger partial charge in [0.1, 0.15) is 0 Å². The minimum Gasteiger partial charge on any atom is -0.355 e. The van der Waals surface area contributed by atoms with E-state index in [1.165, 1.54) is 0 Å². The van der Waals surface area contributed by atoms with Crippen molar-refractivity contribution in [1.82, 2.24) is 20.0 Å². The second-order valence-electron chi connectivity index (χ2n) is 4.45. The molecule has 0 unspecified atom stereocenters. The van der Waals surface area contributed by atoms with Crippen LogP contribution in [0.15, 0.2) is 10.7 Å². The molecule has 0 aliphatic rings. The van der Waals surface area contributed by atoms with E-state index in [1.54, 1.807) is 4.68 Å². The highest BCUT2D eigenvalue weighted by Gasteiger charge is 2.05. The summed E-state index contributed by atoms with van der Waals surface area (Å²) in [7, 11) is 0. The van der Waals surface area contributed by atoms with Crippen molar-refractivity contribution < 1.29 is 4.79 Å². The number of aromatic nitrogens is 2. The van der Waals surface area contributed by atoms with Gasteiger partial charge in [0.05, 0.1) is 10.2 Å². The van der Waals surface area contributed by atoms with Crippen LogP contribution in [-0.2, 0) is 11.3 Å².